The lowest BCUT2D eigenvalue weighted by Crippen LogP contribution is -2.40. The maximum absolute atomic E-state index is 12.2. The Morgan fingerprint density at radius 2 is 1.81 bits per heavy atom. The summed E-state index contributed by atoms with van der Waals surface area (Å²) in [5.74, 6) is 0.257. The van der Waals surface area contributed by atoms with Gasteiger partial charge in [-0.3, -0.25) is 4.79 Å². The van der Waals surface area contributed by atoms with E-state index in [4.69, 9.17) is 4.74 Å². The molecular formula is C15H21NO4S. The van der Waals surface area contributed by atoms with Gasteiger partial charge in [-0.25, -0.2) is 8.42 Å². The lowest BCUT2D eigenvalue weighted by molar-refractivity contribution is 0.0538. The number of hydrogen-bond donors (Lipinski definition) is 1. The van der Waals surface area contributed by atoms with Gasteiger partial charge in [0.1, 0.15) is 0 Å². The van der Waals surface area contributed by atoms with Gasteiger partial charge in [0.25, 0.3) is 5.91 Å². The van der Waals surface area contributed by atoms with E-state index in [-0.39, 0.29) is 16.8 Å². The van der Waals surface area contributed by atoms with Gasteiger partial charge >= 0.3 is 0 Å². The van der Waals surface area contributed by atoms with Crippen LogP contribution < -0.4 is 5.32 Å². The molecule has 1 aromatic rings. The van der Waals surface area contributed by atoms with Crippen molar-refractivity contribution in [1.82, 2.24) is 5.32 Å². The number of amides is 1. The molecule has 1 aromatic carbocycles. The summed E-state index contributed by atoms with van der Waals surface area (Å²) in [7, 11) is -3.23. The minimum Gasteiger partial charge on any atom is -0.381 e. The first-order valence-corrected chi connectivity index (χ1v) is 8.96. The van der Waals surface area contributed by atoms with Gasteiger partial charge in [-0.2, -0.15) is 0 Å². The highest BCUT2D eigenvalue weighted by atomic mass is 32.2. The Bertz CT molecular complexity index is 589. The highest BCUT2D eigenvalue weighted by Gasteiger charge is 2.22. The fourth-order valence-corrected chi connectivity index (χ4v) is 3.11. The van der Waals surface area contributed by atoms with E-state index in [9.17, 15) is 13.2 Å². The quantitative estimate of drug-likeness (QED) is 0.917. The van der Waals surface area contributed by atoms with E-state index in [1.165, 1.54) is 12.1 Å². The average Bonchev–Trinajstić information content (AvgIpc) is 2.47. The third-order valence-electron chi connectivity index (χ3n) is 3.88. The minimum absolute atomic E-state index is 0.0796. The third kappa shape index (κ3) is 4.28. The maximum atomic E-state index is 12.2. The number of carbonyl (C=O) groups is 1. The molecule has 116 valence electrons. The number of nitrogens with one attached hydrogen (secondary N) is 1. The van der Waals surface area contributed by atoms with Gasteiger partial charge in [0.2, 0.25) is 0 Å². The molecule has 21 heavy (non-hydrogen) atoms. The van der Waals surface area contributed by atoms with E-state index < -0.39 is 9.84 Å². The molecule has 0 radical (unpaired) electrons. The van der Waals surface area contributed by atoms with Crippen molar-refractivity contribution < 1.29 is 17.9 Å². The molecule has 1 atom stereocenters. The van der Waals surface area contributed by atoms with E-state index >= 15 is 0 Å². The van der Waals surface area contributed by atoms with Crippen molar-refractivity contribution in [3.63, 3.8) is 0 Å². The van der Waals surface area contributed by atoms with Crippen molar-refractivity contribution in [1.29, 1.82) is 0 Å². The Labute approximate surface area is 125 Å². The van der Waals surface area contributed by atoms with Crippen LogP contribution in [0, 0.1) is 5.92 Å². The molecule has 5 nitrogen and oxygen atoms in total. The standard InChI is InChI=1S/C15H21NO4S/c1-11(12-7-9-20-10-8-12)16-15(17)13-3-5-14(6-4-13)21(2,18)19/h3-6,11-12H,7-10H2,1-2H3,(H,16,17). The second-order valence-corrected chi connectivity index (χ2v) is 7.52. The van der Waals surface area contributed by atoms with E-state index in [0.29, 0.717) is 11.5 Å². The van der Waals surface area contributed by atoms with Gasteiger partial charge in [-0.05, 0) is 49.9 Å². The molecule has 1 aliphatic heterocycles. The number of sulfone groups is 1. The first-order valence-electron chi connectivity index (χ1n) is 7.06. The molecule has 0 saturated carbocycles. The molecule has 1 unspecified atom stereocenters. The summed E-state index contributed by atoms with van der Waals surface area (Å²) in [5.41, 5.74) is 0.473. The van der Waals surface area contributed by atoms with Crippen LogP contribution >= 0.6 is 0 Å². The Morgan fingerprint density at radius 1 is 1.24 bits per heavy atom. The van der Waals surface area contributed by atoms with Gasteiger partial charge in [-0.1, -0.05) is 0 Å². The fourth-order valence-electron chi connectivity index (χ4n) is 2.48. The van der Waals surface area contributed by atoms with Gasteiger partial charge in [-0.15, -0.1) is 0 Å². The van der Waals surface area contributed by atoms with Crippen LogP contribution in [0.25, 0.3) is 0 Å². The number of hydrogen-bond acceptors (Lipinski definition) is 4. The van der Waals surface area contributed by atoms with E-state index in [0.717, 1.165) is 32.3 Å². The van der Waals surface area contributed by atoms with Crippen molar-refractivity contribution in [3.05, 3.63) is 29.8 Å². The van der Waals surface area contributed by atoms with Crippen LogP contribution in [-0.4, -0.2) is 39.8 Å². The molecule has 0 aromatic heterocycles. The van der Waals surface area contributed by atoms with Crippen molar-refractivity contribution in [2.24, 2.45) is 5.92 Å². The molecule has 1 amide bonds. The zero-order valence-corrected chi connectivity index (χ0v) is 13.2. The van der Waals surface area contributed by atoms with E-state index in [2.05, 4.69) is 5.32 Å². The average molecular weight is 311 g/mol. The van der Waals surface area contributed by atoms with Crippen molar-refractivity contribution in [2.75, 3.05) is 19.5 Å². The molecule has 1 aliphatic rings. The molecular weight excluding hydrogens is 290 g/mol. The van der Waals surface area contributed by atoms with Gasteiger partial charge in [0.15, 0.2) is 9.84 Å². The zero-order valence-electron chi connectivity index (χ0n) is 12.3. The maximum Gasteiger partial charge on any atom is 0.251 e. The summed E-state index contributed by atoms with van der Waals surface area (Å²) >= 11 is 0. The largest absolute Gasteiger partial charge is 0.381 e. The molecule has 6 heteroatoms. The molecule has 1 heterocycles. The molecule has 0 aliphatic carbocycles. The third-order valence-corrected chi connectivity index (χ3v) is 5.00. The molecule has 0 bridgehead atoms. The minimum atomic E-state index is -3.23. The summed E-state index contributed by atoms with van der Waals surface area (Å²) in [5, 5.41) is 2.98. The predicted molar refractivity (Wildman–Crippen MR) is 80.0 cm³/mol. The highest BCUT2D eigenvalue weighted by Crippen LogP contribution is 2.19. The topological polar surface area (TPSA) is 72.5 Å². The van der Waals surface area contributed by atoms with Crippen LogP contribution in [0.3, 0.4) is 0 Å². The van der Waals surface area contributed by atoms with Crippen LogP contribution in [0.4, 0.5) is 0 Å². The summed E-state index contributed by atoms with van der Waals surface area (Å²) in [4.78, 5) is 12.4. The van der Waals surface area contributed by atoms with Crippen molar-refractivity contribution in [3.8, 4) is 0 Å². The van der Waals surface area contributed by atoms with Gasteiger partial charge in [0, 0.05) is 31.1 Å². The van der Waals surface area contributed by atoms with E-state index in [1.54, 1.807) is 12.1 Å². The first-order chi connectivity index (χ1) is 9.88. The smallest absolute Gasteiger partial charge is 0.251 e. The fraction of sp³-hybridized carbons (Fsp3) is 0.533. The first kappa shape index (κ1) is 16.0. The van der Waals surface area contributed by atoms with Gasteiger partial charge < -0.3 is 10.1 Å². The number of rotatable bonds is 4. The molecule has 1 N–H and O–H groups in total. The second-order valence-electron chi connectivity index (χ2n) is 5.51. The number of carbonyl (C=O) groups excluding carboxylic acids is 1. The zero-order chi connectivity index (χ0) is 15.5. The van der Waals surface area contributed by atoms with Crippen LogP contribution in [0.1, 0.15) is 30.1 Å². The summed E-state index contributed by atoms with van der Waals surface area (Å²) in [6.45, 7) is 3.49. The SMILES string of the molecule is CC(NC(=O)c1ccc(S(C)(=O)=O)cc1)C1CCOCC1. The van der Waals surface area contributed by atoms with Crippen LogP contribution in [0.5, 0.6) is 0 Å². The lowest BCUT2D eigenvalue weighted by Gasteiger charge is -2.28. The highest BCUT2D eigenvalue weighted by molar-refractivity contribution is 7.90. The second kappa shape index (κ2) is 6.58. The molecule has 1 saturated heterocycles. The Morgan fingerprint density at radius 3 is 2.33 bits per heavy atom. The summed E-state index contributed by atoms with van der Waals surface area (Å²) < 4.78 is 28.1. The summed E-state index contributed by atoms with van der Waals surface area (Å²) in [6, 6.07) is 6.09. The van der Waals surface area contributed by atoms with Crippen LogP contribution in [0.15, 0.2) is 29.2 Å². The predicted octanol–water partition coefficient (Wildman–Crippen LogP) is 1.64. The Balaban J connectivity index is 1.99. The molecule has 2 rings (SSSR count). The summed E-state index contributed by atoms with van der Waals surface area (Å²) in [6.07, 6.45) is 3.05. The van der Waals surface area contributed by atoms with Gasteiger partial charge in [0.05, 0.1) is 4.90 Å². The van der Waals surface area contributed by atoms with Crippen LogP contribution in [0.2, 0.25) is 0 Å². The van der Waals surface area contributed by atoms with Crippen molar-refractivity contribution >= 4 is 15.7 Å². The van der Waals surface area contributed by atoms with Crippen LogP contribution in [-0.2, 0) is 14.6 Å². The monoisotopic (exact) mass is 311 g/mol. The normalized spacial score (nSPS) is 18.2. The number of ether oxygens (including phenoxy) is 1. The van der Waals surface area contributed by atoms with E-state index in [1.807, 2.05) is 6.92 Å². The Kier molecular flexibility index (Phi) is 5.00. The lowest BCUT2D eigenvalue weighted by atomic mass is 9.93. The Hall–Kier alpha value is -1.40. The molecule has 1 fully saturated rings. The molecule has 0 spiro atoms. The van der Waals surface area contributed by atoms with Crippen molar-refractivity contribution in [2.45, 2.75) is 30.7 Å². The number of benzene rings is 1.